The molecule has 24 heavy (non-hydrogen) atoms. The molecule has 6 nitrogen and oxygen atoms in total. The summed E-state index contributed by atoms with van der Waals surface area (Å²) < 4.78 is 5.68. The third kappa shape index (κ3) is 6.98. The van der Waals surface area contributed by atoms with Gasteiger partial charge >= 0.3 is 6.03 Å². The zero-order valence-electron chi connectivity index (χ0n) is 14.3. The number of rotatable bonds is 9. The van der Waals surface area contributed by atoms with Gasteiger partial charge in [0, 0.05) is 31.1 Å². The number of carbonyl (C=O) groups is 2. The van der Waals surface area contributed by atoms with E-state index in [1.165, 1.54) is 4.88 Å². The summed E-state index contributed by atoms with van der Waals surface area (Å²) in [5.74, 6) is -0.279. The van der Waals surface area contributed by atoms with Crippen LogP contribution in [0.25, 0.3) is 0 Å². The summed E-state index contributed by atoms with van der Waals surface area (Å²) in [7, 11) is 0. The molecule has 3 amide bonds. The van der Waals surface area contributed by atoms with E-state index in [9.17, 15) is 9.59 Å². The maximum Gasteiger partial charge on any atom is 0.321 e. The number of unbranched alkanes of at least 4 members (excludes halogenated alkanes) is 1. The van der Waals surface area contributed by atoms with E-state index in [2.05, 4.69) is 28.5 Å². The predicted molar refractivity (Wildman–Crippen MR) is 95.0 cm³/mol. The molecule has 1 aliphatic heterocycles. The fraction of sp³-hybridized carbons (Fsp3) is 0.647. The van der Waals surface area contributed by atoms with Crippen molar-refractivity contribution in [3.63, 3.8) is 0 Å². The molecule has 1 unspecified atom stereocenters. The van der Waals surface area contributed by atoms with Gasteiger partial charge < -0.3 is 10.1 Å². The first kappa shape index (κ1) is 18.9. The van der Waals surface area contributed by atoms with Crippen molar-refractivity contribution in [2.75, 3.05) is 26.2 Å². The molecular formula is C17H27N3O3S. The van der Waals surface area contributed by atoms with E-state index in [1.54, 1.807) is 11.3 Å². The van der Waals surface area contributed by atoms with Gasteiger partial charge in [0.2, 0.25) is 5.91 Å². The summed E-state index contributed by atoms with van der Waals surface area (Å²) in [6.07, 6.45) is 4.19. The Bertz CT molecular complexity index is 501. The highest BCUT2D eigenvalue weighted by Gasteiger charge is 2.21. The quantitative estimate of drug-likeness (QED) is 0.669. The Hall–Kier alpha value is -1.44. The normalized spacial score (nSPS) is 17.2. The van der Waals surface area contributed by atoms with Gasteiger partial charge in [-0.2, -0.15) is 0 Å². The lowest BCUT2D eigenvalue weighted by Gasteiger charge is -2.24. The molecule has 0 bridgehead atoms. The summed E-state index contributed by atoms with van der Waals surface area (Å²) >= 11 is 1.67. The number of ether oxygens (including phenoxy) is 1. The van der Waals surface area contributed by atoms with Crippen molar-refractivity contribution in [1.29, 1.82) is 0 Å². The van der Waals surface area contributed by atoms with Crippen LogP contribution in [0.4, 0.5) is 4.79 Å². The lowest BCUT2D eigenvalue weighted by atomic mass is 10.2. The van der Waals surface area contributed by atoms with Gasteiger partial charge in [0.1, 0.15) is 0 Å². The first-order valence-electron chi connectivity index (χ1n) is 8.61. The monoisotopic (exact) mass is 353 g/mol. The lowest BCUT2D eigenvalue weighted by Crippen LogP contribution is -2.45. The van der Waals surface area contributed by atoms with Crippen molar-refractivity contribution in [3.05, 3.63) is 22.4 Å². The van der Waals surface area contributed by atoms with Crippen LogP contribution < -0.4 is 10.6 Å². The van der Waals surface area contributed by atoms with Crippen LogP contribution in [0.1, 0.15) is 37.5 Å². The van der Waals surface area contributed by atoms with Gasteiger partial charge in [-0.15, -0.1) is 11.3 Å². The largest absolute Gasteiger partial charge is 0.377 e. The van der Waals surface area contributed by atoms with Crippen LogP contribution in [-0.4, -0.2) is 49.2 Å². The van der Waals surface area contributed by atoms with E-state index in [-0.39, 0.29) is 18.6 Å². The number of nitrogens with one attached hydrogen (secondary N) is 2. The summed E-state index contributed by atoms with van der Waals surface area (Å²) in [5, 5.41) is 7.13. The predicted octanol–water partition coefficient (Wildman–Crippen LogP) is 2.36. The van der Waals surface area contributed by atoms with Crippen molar-refractivity contribution in [1.82, 2.24) is 15.5 Å². The zero-order chi connectivity index (χ0) is 17.2. The molecule has 0 aliphatic carbocycles. The van der Waals surface area contributed by atoms with E-state index in [1.807, 2.05) is 11.4 Å². The van der Waals surface area contributed by atoms with Crippen LogP contribution in [0.3, 0.4) is 0 Å². The minimum atomic E-state index is -0.415. The van der Waals surface area contributed by atoms with Crippen molar-refractivity contribution < 1.29 is 14.3 Å². The maximum absolute atomic E-state index is 12.1. The van der Waals surface area contributed by atoms with Crippen LogP contribution in [0, 0.1) is 0 Å². The molecule has 1 aliphatic rings. The minimum absolute atomic E-state index is 0.177. The van der Waals surface area contributed by atoms with E-state index in [4.69, 9.17) is 4.74 Å². The second kappa shape index (κ2) is 10.4. The third-order valence-electron chi connectivity index (χ3n) is 3.88. The molecule has 2 heterocycles. The average Bonchev–Trinajstić information content (AvgIpc) is 3.21. The van der Waals surface area contributed by atoms with E-state index >= 15 is 0 Å². The summed E-state index contributed by atoms with van der Waals surface area (Å²) in [4.78, 5) is 27.1. The van der Waals surface area contributed by atoms with Gasteiger partial charge in [0.25, 0.3) is 0 Å². The van der Waals surface area contributed by atoms with Crippen LogP contribution in [0.5, 0.6) is 0 Å². The van der Waals surface area contributed by atoms with Crippen molar-refractivity contribution in [2.24, 2.45) is 0 Å². The minimum Gasteiger partial charge on any atom is -0.377 e. The Kier molecular flexibility index (Phi) is 8.21. The fourth-order valence-corrected chi connectivity index (χ4v) is 3.42. The first-order valence-corrected chi connectivity index (χ1v) is 9.49. The van der Waals surface area contributed by atoms with Gasteiger partial charge in [-0.25, -0.2) is 4.79 Å². The second-order valence-corrected chi connectivity index (χ2v) is 7.07. The van der Waals surface area contributed by atoms with Crippen molar-refractivity contribution in [2.45, 2.75) is 45.3 Å². The molecule has 0 saturated carbocycles. The summed E-state index contributed by atoms with van der Waals surface area (Å²) in [6.45, 7) is 5.04. The maximum atomic E-state index is 12.1. The molecule has 0 radical (unpaired) electrons. The first-order chi connectivity index (χ1) is 11.7. The lowest BCUT2D eigenvalue weighted by molar-refractivity contribution is -0.121. The molecule has 1 fully saturated rings. The number of thiophene rings is 1. The van der Waals surface area contributed by atoms with Gasteiger partial charge in [0.05, 0.1) is 12.6 Å². The highest BCUT2D eigenvalue weighted by atomic mass is 32.1. The number of amides is 3. The zero-order valence-corrected chi connectivity index (χ0v) is 15.1. The molecule has 0 spiro atoms. The molecule has 0 aromatic carbocycles. The van der Waals surface area contributed by atoms with E-state index in [0.717, 1.165) is 32.3 Å². The number of nitrogens with zero attached hydrogens (tertiary/aromatic N) is 1. The molecule has 7 heteroatoms. The number of hydrogen-bond donors (Lipinski definition) is 2. The second-order valence-electron chi connectivity index (χ2n) is 6.04. The summed E-state index contributed by atoms with van der Waals surface area (Å²) in [5.41, 5.74) is 0. The SMILES string of the molecule is CCCCNC(=O)NC(=O)CN(Cc1cccs1)CC1CCCO1. The summed E-state index contributed by atoms with van der Waals surface area (Å²) in [6, 6.07) is 3.65. The highest BCUT2D eigenvalue weighted by molar-refractivity contribution is 7.09. The topological polar surface area (TPSA) is 70.7 Å². The van der Waals surface area contributed by atoms with Crippen LogP contribution >= 0.6 is 11.3 Å². The fourth-order valence-electron chi connectivity index (χ4n) is 2.68. The molecule has 2 N–H and O–H groups in total. The molecule has 134 valence electrons. The number of urea groups is 1. The van der Waals surface area contributed by atoms with Crippen molar-refractivity contribution >= 4 is 23.3 Å². The standard InChI is InChI=1S/C17H27N3O3S/c1-2-3-8-18-17(22)19-16(21)13-20(11-14-6-4-9-23-14)12-15-7-5-10-24-15/h5,7,10,14H,2-4,6,8-9,11-13H2,1H3,(H2,18,19,21,22). The Morgan fingerprint density at radius 3 is 3.00 bits per heavy atom. The van der Waals surface area contributed by atoms with E-state index in [0.29, 0.717) is 19.6 Å². The molecular weight excluding hydrogens is 326 g/mol. The van der Waals surface area contributed by atoms with Crippen molar-refractivity contribution in [3.8, 4) is 0 Å². The van der Waals surface area contributed by atoms with Gasteiger partial charge in [-0.3, -0.25) is 15.0 Å². The Morgan fingerprint density at radius 2 is 2.33 bits per heavy atom. The number of carbonyl (C=O) groups excluding carboxylic acids is 2. The Morgan fingerprint density at radius 1 is 1.46 bits per heavy atom. The highest BCUT2D eigenvalue weighted by Crippen LogP contribution is 2.16. The van der Waals surface area contributed by atoms with Gasteiger partial charge in [-0.1, -0.05) is 19.4 Å². The van der Waals surface area contributed by atoms with E-state index < -0.39 is 6.03 Å². The molecule has 1 aromatic heterocycles. The Balaban J connectivity index is 1.81. The number of imide groups is 1. The van der Waals surface area contributed by atoms with Crippen LogP contribution in [-0.2, 0) is 16.1 Å². The molecule has 2 rings (SSSR count). The third-order valence-corrected chi connectivity index (χ3v) is 4.74. The van der Waals surface area contributed by atoms with Crippen LogP contribution in [0.2, 0.25) is 0 Å². The van der Waals surface area contributed by atoms with Gasteiger partial charge in [-0.05, 0) is 30.7 Å². The smallest absolute Gasteiger partial charge is 0.321 e. The Labute approximate surface area is 147 Å². The van der Waals surface area contributed by atoms with Gasteiger partial charge in [0.15, 0.2) is 0 Å². The van der Waals surface area contributed by atoms with Crippen LogP contribution in [0.15, 0.2) is 17.5 Å². The average molecular weight is 353 g/mol. The molecule has 1 saturated heterocycles. The molecule has 1 atom stereocenters. The molecule has 1 aromatic rings. The number of hydrogen-bond acceptors (Lipinski definition) is 5.